The Hall–Kier alpha value is -2.07. The zero-order valence-electron chi connectivity index (χ0n) is 14.4. The number of nitrogens with one attached hydrogen (secondary N) is 1. The molecule has 0 saturated heterocycles. The second-order valence-corrected chi connectivity index (χ2v) is 8.03. The van der Waals surface area contributed by atoms with Crippen LogP contribution >= 0.6 is 34.4 Å². The molecule has 26 heavy (non-hydrogen) atoms. The molecule has 8 heteroatoms. The van der Waals surface area contributed by atoms with Crippen molar-refractivity contribution >= 4 is 45.9 Å². The van der Waals surface area contributed by atoms with E-state index in [-0.39, 0.29) is 11.7 Å². The van der Waals surface area contributed by atoms with Crippen LogP contribution in [-0.4, -0.2) is 26.5 Å². The highest BCUT2D eigenvalue weighted by atomic mass is 127. The molecule has 2 aromatic carbocycles. The lowest BCUT2D eigenvalue weighted by atomic mass is 10.1. The Kier molecular flexibility index (Phi) is 5.82. The van der Waals surface area contributed by atoms with Crippen molar-refractivity contribution in [2.24, 2.45) is 0 Å². The SMILES string of the molecule is Cc1ccc(-c2nnc(SCC(=O)Nc3ccc(I)cc3C)n2N)cc1. The van der Waals surface area contributed by atoms with Gasteiger partial charge in [-0.2, -0.15) is 0 Å². The molecule has 6 nitrogen and oxygen atoms in total. The predicted molar refractivity (Wildman–Crippen MR) is 114 cm³/mol. The van der Waals surface area contributed by atoms with Gasteiger partial charge in [0.1, 0.15) is 0 Å². The average Bonchev–Trinajstić information content (AvgIpc) is 2.97. The van der Waals surface area contributed by atoms with Gasteiger partial charge in [0.25, 0.3) is 0 Å². The molecule has 3 N–H and O–H groups in total. The Balaban J connectivity index is 1.64. The largest absolute Gasteiger partial charge is 0.335 e. The van der Waals surface area contributed by atoms with Gasteiger partial charge in [-0.3, -0.25) is 4.79 Å². The standard InChI is InChI=1S/C18H18IN5OS/c1-11-3-5-13(6-4-11)17-22-23-18(24(17)20)26-10-16(25)21-15-8-7-14(19)9-12(15)2/h3-9H,10,20H2,1-2H3,(H,21,25). The van der Waals surface area contributed by atoms with Crippen LogP contribution in [-0.2, 0) is 4.79 Å². The van der Waals surface area contributed by atoms with E-state index in [2.05, 4.69) is 38.1 Å². The van der Waals surface area contributed by atoms with E-state index >= 15 is 0 Å². The van der Waals surface area contributed by atoms with E-state index in [4.69, 9.17) is 5.84 Å². The summed E-state index contributed by atoms with van der Waals surface area (Å²) >= 11 is 3.50. The van der Waals surface area contributed by atoms with Crippen LogP contribution in [0.4, 0.5) is 5.69 Å². The van der Waals surface area contributed by atoms with Crippen LogP contribution in [0.15, 0.2) is 47.6 Å². The van der Waals surface area contributed by atoms with Gasteiger partial charge in [0, 0.05) is 14.8 Å². The number of carbonyl (C=O) groups is 1. The Morgan fingerprint density at radius 1 is 1.19 bits per heavy atom. The molecule has 3 aromatic rings. The molecule has 0 atom stereocenters. The van der Waals surface area contributed by atoms with E-state index in [1.807, 2.05) is 56.3 Å². The summed E-state index contributed by atoms with van der Waals surface area (Å²) in [6.07, 6.45) is 0. The summed E-state index contributed by atoms with van der Waals surface area (Å²) in [5, 5.41) is 11.6. The van der Waals surface area contributed by atoms with Crippen LogP contribution < -0.4 is 11.2 Å². The van der Waals surface area contributed by atoms with E-state index in [0.29, 0.717) is 11.0 Å². The second-order valence-electron chi connectivity index (χ2n) is 5.84. The first-order chi connectivity index (χ1) is 12.4. The van der Waals surface area contributed by atoms with Crippen LogP contribution in [0.2, 0.25) is 0 Å². The fraction of sp³-hybridized carbons (Fsp3) is 0.167. The molecule has 0 saturated carbocycles. The number of benzene rings is 2. The second kappa shape index (κ2) is 8.09. The number of thioether (sulfide) groups is 1. The highest BCUT2D eigenvalue weighted by Crippen LogP contribution is 2.23. The molecule has 0 aliphatic heterocycles. The number of nitrogens with two attached hydrogens (primary N) is 1. The fourth-order valence-electron chi connectivity index (χ4n) is 2.36. The molecule has 1 aromatic heterocycles. The van der Waals surface area contributed by atoms with Crippen molar-refractivity contribution in [2.45, 2.75) is 19.0 Å². The minimum Gasteiger partial charge on any atom is -0.335 e. The van der Waals surface area contributed by atoms with E-state index in [9.17, 15) is 4.79 Å². The van der Waals surface area contributed by atoms with Crippen LogP contribution in [0.3, 0.4) is 0 Å². The van der Waals surface area contributed by atoms with Crippen LogP contribution in [0.25, 0.3) is 11.4 Å². The maximum Gasteiger partial charge on any atom is 0.234 e. The molecule has 0 spiro atoms. The third-order valence-electron chi connectivity index (χ3n) is 3.77. The van der Waals surface area contributed by atoms with Crippen LogP contribution in [0.5, 0.6) is 0 Å². The van der Waals surface area contributed by atoms with Gasteiger partial charge >= 0.3 is 0 Å². The summed E-state index contributed by atoms with van der Waals surface area (Å²) in [4.78, 5) is 12.2. The van der Waals surface area contributed by atoms with Crippen molar-refractivity contribution in [1.29, 1.82) is 0 Å². The van der Waals surface area contributed by atoms with Gasteiger partial charge in [-0.25, -0.2) is 4.68 Å². The van der Waals surface area contributed by atoms with E-state index in [1.54, 1.807) is 0 Å². The molecule has 0 aliphatic rings. The molecule has 3 rings (SSSR count). The molecule has 0 unspecified atom stereocenters. The number of carbonyl (C=O) groups excluding carboxylic acids is 1. The number of amides is 1. The van der Waals surface area contributed by atoms with Crippen molar-refractivity contribution in [3.05, 3.63) is 57.2 Å². The Bertz CT molecular complexity index is 939. The Labute approximate surface area is 169 Å². The number of nitrogens with zero attached hydrogens (tertiary/aromatic N) is 3. The normalized spacial score (nSPS) is 10.7. The number of aromatic nitrogens is 3. The summed E-state index contributed by atoms with van der Waals surface area (Å²) in [6, 6.07) is 13.8. The summed E-state index contributed by atoms with van der Waals surface area (Å²) in [5.74, 6) is 6.75. The molecule has 0 fully saturated rings. The lowest BCUT2D eigenvalue weighted by Gasteiger charge is -2.08. The Morgan fingerprint density at radius 2 is 1.92 bits per heavy atom. The molecule has 1 heterocycles. The lowest BCUT2D eigenvalue weighted by Crippen LogP contribution is -2.17. The van der Waals surface area contributed by atoms with E-state index in [0.717, 1.165) is 25.9 Å². The van der Waals surface area contributed by atoms with Gasteiger partial charge in [-0.15, -0.1) is 10.2 Å². The molecular weight excluding hydrogens is 461 g/mol. The topological polar surface area (TPSA) is 85.8 Å². The number of aryl methyl sites for hydroxylation is 2. The van der Waals surface area contributed by atoms with Crippen molar-refractivity contribution in [3.63, 3.8) is 0 Å². The average molecular weight is 479 g/mol. The maximum atomic E-state index is 12.2. The van der Waals surface area contributed by atoms with Crippen molar-refractivity contribution in [3.8, 4) is 11.4 Å². The maximum absolute atomic E-state index is 12.2. The van der Waals surface area contributed by atoms with Gasteiger partial charge in [0.15, 0.2) is 5.82 Å². The number of hydrogen-bond acceptors (Lipinski definition) is 5. The minimum atomic E-state index is -0.112. The molecule has 0 bridgehead atoms. The summed E-state index contributed by atoms with van der Waals surface area (Å²) in [5.41, 5.74) is 3.88. The molecule has 0 radical (unpaired) electrons. The number of rotatable bonds is 5. The van der Waals surface area contributed by atoms with E-state index in [1.165, 1.54) is 16.4 Å². The molecule has 1 amide bonds. The smallest absolute Gasteiger partial charge is 0.234 e. The van der Waals surface area contributed by atoms with Gasteiger partial charge < -0.3 is 11.2 Å². The predicted octanol–water partition coefficient (Wildman–Crippen LogP) is 3.61. The highest BCUT2D eigenvalue weighted by Gasteiger charge is 2.14. The third kappa shape index (κ3) is 4.36. The van der Waals surface area contributed by atoms with Gasteiger partial charge in [-0.05, 0) is 60.2 Å². The summed E-state index contributed by atoms with van der Waals surface area (Å²) in [7, 11) is 0. The van der Waals surface area contributed by atoms with Gasteiger partial charge in [0.2, 0.25) is 11.1 Å². The first kappa shape index (κ1) is 18.7. The monoisotopic (exact) mass is 479 g/mol. The number of hydrogen-bond donors (Lipinski definition) is 2. The van der Waals surface area contributed by atoms with E-state index < -0.39 is 0 Å². The van der Waals surface area contributed by atoms with Crippen molar-refractivity contribution in [2.75, 3.05) is 16.9 Å². The van der Waals surface area contributed by atoms with Crippen molar-refractivity contribution < 1.29 is 4.79 Å². The quantitative estimate of drug-likeness (QED) is 0.332. The third-order valence-corrected chi connectivity index (χ3v) is 5.38. The van der Waals surface area contributed by atoms with Gasteiger partial charge in [0.05, 0.1) is 5.75 Å². The zero-order chi connectivity index (χ0) is 18.7. The van der Waals surface area contributed by atoms with Crippen LogP contribution in [0.1, 0.15) is 11.1 Å². The van der Waals surface area contributed by atoms with Crippen molar-refractivity contribution in [1.82, 2.24) is 14.9 Å². The highest BCUT2D eigenvalue weighted by molar-refractivity contribution is 14.1. The lowest BCUT2D eigenvalue weighted by molar-refractivity contribution is -0.113. The molecule has 134 valence electrons. The Morgan fingerprint density at radius 3 is 2.62 bits per heavy atom. The number of halogens is 1. The summed E-state index contributed by atoms with van der Waals surface area (Å²) < 4.78 is 2.55. The first-order valence-electron chi connectivity index (χ1n) is 7.90. The minimum absolute atomic E-state index is 0.112. The molecule has 0 aliphatic carbocycles. The van der Waals surface area contributed by atoms with Gasteiger partial charge in [-0.1, -0.05) is 41.6 Å². The molecular formula is C18H18IN5OS. The number of nitrogen functional groups attached to an aromatic ring is 1. The zero-order valence-corrected chi connectivity index (χ0v) is 17.3. The van der Waals surface area contributed by atoms with Crippen LogP contribution in [0, 0.1) is 17.4 Å². The fourth-order valence-corrected chi connectivity index (χ4v) is 3.66. The first-order valence-corrected chi connectivity index (χ1v) is 9.97. The number of anilines is 1. The summed E-state index contributed by atoms with van der Waals surface area (Å²) in [6.45, 7) is 3.99.